The van der Waals surface area contributed by atoms with Crippen LogP contribution in [0.4, 0.5) is 5.69 Å². The maximum absolute atomic E-state index is 12.5. The Balaban J connectivity index is 1.70. The number of nitrogens with two attached hydrogens (primary N) is 1. The lowest BCUT2D eigenvalue weighted by Crippen LogP contribution is -2.24. The van der Waals surface area contributed by atoms with Gasteiger partial charge in [-0.1, -0.05) is 30.0 Å². The summed E-state index contributed by atoms with van der Waals surface area (Å²) in [5, 5.41) is 13.3. The second-order valence-corrected chi connectivity index (χ2v) is 8.21. The molecule has 6 nitrogen and oxygen atoms in total. The van der Waals surface area contributed by atoms with Crippen LogP contribution in [0.25, 0.3) is 10.7 Å². The Labute approximate surface area is 158 Å². The number of benzene rings is 1. The van der Waals surface area contributed by atoms with E-state index in [9.17, 15) is 4.79 Å². The van der Waals surface area contributed by atoms with Gasteiger partial charge in [-0.15, -0.1) is 33.3 Å². The van der Waals surface area contributed by atoms with E-state index in [2.05, 4.69) is 15.5 Å². The molecule has 2 heterocycles. The van der Waals surface area contributed by atoms with Crippen LogP contribution in [0.1, 0.15) is 6.92 Å². The highest BCUT2D eigenvalue weighted by Crippen LogP contribution is 2.29. The van der Waals surface area contributed by atoms with Crippen LogP contribution in [0.15, 0.2) is 51.8 Å². The van der Waals surface area contributed by atoms with Crippen molar-refractivity contribution in [3.05, 3.63) is 41.8 Å². The second kappa shape index (κ2) is 7.94. The van der Waals surface area contributed by atoms with E-state index in [1.54, 1.807) is 23.1 Å². The minimum absolute atomic E-state index is 0.104. The van der Waals surface area contributed by atoms with Crippen LogP contribution in [-0.2, 0) is 4.79 Å². The second-order valence-electron chi connectivity index (χ2n) is 5.10. The Morgan fingerprint density at radius 3 is 2.80 bits per heavy atom. The number of anilines is 1. The first kappa shape index (κ1) is 17.8. The van der Waals surface area contributed by atoms with Crippen LogP contribution >= 0.6 is 34.9 Å². The molecule has 0 aliphatic rings. The number of amides is 1. The van der Waals surface area contributed by atoms with E-state index < -0.39 is 0 Å². The van der Waals surface area contributed by atoms with Gasteiger partial charge in [0.05, 0.1) is 15.8 Å². The van der Waals surface area contributed by atoms with E-state index in [4.69, 9.17) is 5.84 Å². The molecule has 1 atom stereocenters. The molecule has 1 unspecified atom stereocenters. The molecule has 0 saturated carbocycles. The number of aromatic nitrogens is 3. The molecule has 0 saturated heterocycles. The summed E-state index contributed by atoms with van der Waals surface area (Å²) in [7, 11) is 0. The zero-order valence-electron chi connectivity index (χ0n) is 13.7. The Morgan fingerprint density at radius 2 is 2.08 bits per heavy atom. The molecule has 0 aliphatic heterocycles. The average Bonchev–Trinajstić information content (AvgIpc) is 3.26. The van der Waals surface area contributed by atoms with Crippen LogP contribution in [0.5, 0.6) is 0 Å². The summed E-state index contributed by atoms with van der Waals surface area (Å²) in [6, 6.07) is 11.6. The highest BCUT2D eigenvalue weighted by atomic mass is 32.2. The molecule has 0 bridgehead atoms. The van der Waals surface area contributed by atoms with Crippen molar-refractivity contribution in [2.24, 2.45) is 0 Å². The molecule has 2 aromatic heterocycles. The monoisotopic (exact) mass is 391 g/mol. The molecule has 25 heavy (non-hydrogen) atoms. The van der Waals surface area contributed by atoms with Gasteiger partial charge in [-0.05, 0) is 36.8 Å². The van der Waals surface area contributed by atoms with Crippen LogP contribution < -0.4 is 11.2 Å². The van der Waals surface area contributed by atoms with E-state index in [0.29, 0.717) is 11.0 Å². The predicted molar refractivity (Wildman–Crippen MR) is 106 cm³/mol. The molecule has 0 radical (unpaired) electrons. The van der Waals surface area contributed by atoms with Crippen molar-refractivity contribution in [1.82, 2.24) is 14.9 Å². The third-order valence-electron chi connectivity index (χ3n) is 3.42. The zero-order valence-corrected chi connectivity index (χ0v) is 16.1. The number of nitrogen functional groups attached to an aromatic ring is 1. The van der Waals surface area contributed by atoms with E-state index in [-0.39, 0.29) is 11.2 Å². The van der Waals surface area contributed by atoms with Gasteiger partial charge >= 0.3 is 0 Å². The van der Waals surface area contributed by atoms with Gasteiger partial charge in [0, 0.05) is 4.90 Å². The average molecular weight is 392 g/mol. The number of thioether (sulfide) groups is 2. The number of thiophene rings is 1. The highest BCUT2D eigenvalue weighted by Gasteiger charge is 2.20. The Kier molecular flexibility index (Phi) is 5.67. The molecular weight excluding hydrogens is 374 g/mol. The van der Waals surface area contributed by atoms with E-state index in [1.165, 1.54) is 16.4 Å². The molecule has 130 valence electrons. The van der Waals surface area contributed by atoms with Gasteiger partial charge in [0.15, 0.2) is 5.82 Å². The smallest absolute Gasteiger partial charge is 0.237 e. The van der Waals surface area contributed by atoms with Gasteiger partial charge in [0.2, 0.25) is 11.1 Å². The number of carbonyl (C=O) groups is 1. The molecule has 9 heteroatoms. The molecule has 3 N–H and O–H groups in total. The fourth-order valence-electron chi connectivity index (χ4n) is 2.13. The molecule has 3 rings (SSSR count). The van der Waals surface area contributed by atoms with Crippen LogP contribution in [0, 0.1) is 0 Å². The molecule has 0 fully saturated rings. The molecule has 0 aliphatic carbocycles. The highest BCUT2D eigenvalue weighted by molar-refractivity contribution is 8.00. The van der Waals surface area contributed by atoms with Gasteiger partial charge in [0.1, 0.15) is 0 Å². The van der Waals surface area contributed by atoms with Crippen molar-refractivity contribution in [1.29, 1.82) is 0 Å². The largest absolute Gasteiger partial charge is 0.335 e. The van der Waals surface area contributed by atoms with Crippen LogP contribution in [0.2, 0.25) is 0 Å². The van der Waals surface area contributed by atoms with E-state index in [0.717, 1.165) is 15.5 Å². The summed E-state index contributed by atoms with van der Waals surface area (Å²) in [6.07, 6.45) is 1.98. The minimum atomic E-state index is -0.363. The molecule has 1 aromatic carbocycles. The first-order valence-electron chi connectivity index (χ1n) is 7.45. The van der Waals surface area contributed by atoms with E-state index in [1.807, 2.05) is 55.0 Å². The number of rotatable bonds is 6. The lowest BCUT2D eigenvalue weighted by molar-refractivity contribution is -0.115. The van der Waals surface area contributed by atoms with Crippen LogP contribution in [0.3, 0.4) is 0 Å². The summed E-state index contributed by atoms with van der Waals surface area (Å²) in [4.78, 5) is 14.5. The standard InChI is InChI=1S/C16H17N5OS3/c1-10(15(22)18-11-6-3-4-7-12(11)23-2)25-16-20-19-14(21(16)17)13-8-5-9-24-13/h3-10H,17H2,1-2H3,(H,18,22). The maximum atomic E-state index is 12.5. The third kappa shape index (κ3) is 4.00. The molecule has 3 aromatic rings. The summed E-state index contributed by atoms with van der Waals surface area (Å²) in [5.41, 5.74) is 0.806. The van der Waals surface area contributed by atoms with Crippen molar-refractivity contribution in [3.63, 3.8) is 0 Å². The fraction of sp³-hybridized carbons (Fsp3) is 0.188. The van der Waals surface area contributed by atoms with Crippen molar-refractivity contribution in [2.45, 2.75) is 22.2 Å². The number of carbonyl (C=O) groups excluding carboxylic acids is 1. The zero-order chi connectivity index (χ0) is 17.8. The lowest BCUT2D eigenvalue weighted by atomic mass is 10.3. The first-order valence-corrected chi connectivity index (χ1v) is 10.4. The van der Waals surface area contributed by atoms with Crippen molar-refractivity contribution < 1.29 is 4.79 Å². The molecular formula is C16H17N5OS3. The predicted octanol–water partition coefficient (Wildman–Crippen LogP) is 3.56. The number of hydrogen-bond acceptors (Lipinski definition) is 7. The summed E-state index contributed by atoms with van der Waals surface area (Å²) in [5.74, 6) is 6.57. The summed E-state index contributed by atoms with van der Waals surface area (Å²) < 4.78 is 1.43. The third-order valence-corrected chi connectivity index (χ3v) is 6.14. The number of nitrogens with one attached hydrogen (secondary N) is 1. The van der Waals surface area contributed by atoms with Gasteiger partial charge in [-0.2, -0.15) is 0 Å². The van der Waals surface area contributed by atoms with Crippen molar-refractivity contribution >= 4 is 46.5 Å². The topological polar surface area (TPSA) is 85.8 Å². The lowest BCUT2D eigenvalue weighted by Gasteiger charge is -2.13. The van der Waals surface area contributed by atoms with Gasteiger partial charge in [0.25, 0.3) is 0 Å². The summed E-state index contributed by atoms with van der Waals surface area (Å²) in [6.45, 7) is 1.82. The van der Waals surface area contributed by atoms with Crippen molar-refractivity contribution in [2.75, 3.05) is 17.4 Å². The van der Waals surface area contributed by atoms with Crippen LogP contribution in [-0.4, -0.2) is 32.3 Å². The number of nitrogens with zero attached hydrogens (tertiary/aromatic N) is 3. The number of para-hydroxylation sites is 1. The quantitative estimate of drug-likeness (QED) is 0.494. The SMILES string of the molecule is CSc1ccccc1NC(=O)C(C)Sc1nnc(-c2cccs2)n1N. The van der Waals surface area contributed by atoms with Crippen molar-refractivity contribution in [3.8, 4) is 10.7 Å². The van der Waals surface area contributed by atoms with Gasteiger partial charge < -0.3 is 11.2 Å². The normalized spacial score (nSPS) is 12.1. The molecule has 1 amide bonds. The minimum Gasteiger partial charge on any atom is -0.335 e. The first-order chi connectivity index (χ1) is 12.1. The Hall–Kier alpha value is -1.97. The Bertz CT molecular complexity index is 863. The summed E-state index contributed by atoms with van der Waals surface area (Å²) >= 11 is 4.41. The van der Waals surface area contributed by atoms with Gasteiger partial charge in [-0.25, -0.2) is 4.68 Å². The molecule has 0 spiro atoms. The number of hydrogen-bond donors (Lipinski definition) is 2. The maximum Gasteiger partial charge on any atom is 0.237 e. The van der Waals surface area contributed by atoms with E-state index >= 15 is 0 Å². The Morgan fingerprint density at radius 1 is 1.28 bits per heavy atom. The van der Waals surface area contributed by atoms with Gasteiger partial charge in [-0.3, -0.25) is 4.79 Å². The fourth-order valence-corrected chi connectivity index (χ4v) is 4.15.